The molecule has 0 radical (unpaired) electrons. The summed E-state index contributed by atoms with van der Waals surface area (Å²) in [5.74, 6) is 0.390. The maximum atomic E-state index is 12.5. The van der Waals surface area contributed by atoms with E-state index in [0.29, 0.717) is 16.8 Å². The van der Waals surface area contributed by atoms with Gasteiger partial charge in [-0.2, -0.15) is 0 Å². The Morgan fingerprint density at radius 1 is 1.21 bits per heavy atom. The van der Waals surface area contributed by atoms with Gasteiger partial charge in [0.15, 0.2) is 0 Å². The number of ether oxygens (including phenoxy) is 1. The molecule has 1 aromatic heterocycles. The Balaban J connectivity index is 2.01. The van der Waals surface area contributed by atoms with Gasteiger partial charge in [-0.25, -0.2) is 0 Å². The molecule has 0 aromatic carbocycles. The van der Waals surface area contributed by atoms with Crippen LogP contribution in [0.25, 0.3) is 0 Å². The van der Waals surface area contributed by atoms with E-state index in [9.17, 15) is 4.79 Å². The van der Waals surface area contributed by atoms with Gasteiger partial charge in [-0.05, 0) is 40.5 Å². The molecular weight excluding hydrogens is 307 g/mol. The van der Waals surface area contributed by atoms with Crippen LogP contribution in [0.5, 0.6) is 5.75 Å². The molecule has 6 nitrogen and oxygen atoms in total. The predicted molar refractivity (Wildman–Crippen MR) is 91.6 cm³/mol. The van der Waals surface area contributed by atoms with Crippen LogP contribution in [0.15, 0.2) is 12.4 Å². The van der Waals surface area contributed by atoms with E-state index < -0.39 is 18.3 Å². The number of carbonyl (C=O) groups is 1. The zero-order chi connectivity index (χ0) is 17.7. The Labute approximate surface area is 143 Å². The first-order chi connectivity index (χ1) is 11.1. The molecule has 3 rings (SSSR count). The first-order valence-electron chi connectivity index (χ1n) is 8.34. The van der Waals surface area contributed by atoms with Gasteiger partial charge in [-0.15, -0.1) is 0 Å². The van der Waals surface area contributed by atoms with Crippen LogP contribution in [0.3, 0.4) is 0 Å². The van der Waals surface area contributed by atoms with Gasteiger partial charge in [-0.3, -0.25) is 9.78 Å². The minimum atomic E-state index is -0.605. The van der Waals surface area contributed by atoms with Crippen molar-refractivity contribution in [2.24, 2.45) is 0 Å². The third-order valence-corrected chi connectivity index (χ3v) is 4.88. The fraction of sp³-hybridized carbons (Fsp3) is 0.647. The van der Waals surface area contributed by atoms with Gasteiger partial charge in [0, 0.05) is 32.0 Å². The van der Waals surface area contributed by atoms with Crippen molar-refractivity contribution in [1.29, 1.82) is 0 Å². The summed E-state index contributed by atoms with van der Waals surface area (Å²) in [4.78, 5) is 18.3. The average Bonchev–Trinajstić information content (AvgIpc) is 3.25. The molecule has 130 valence electrons. The van der Waals surface area contributed by atoms with Crippen molar-refractivity contribution >= 4 is 18.5 Å². The Bertz CT molecular complexity index is 640. The number of hydrogen-bond acceptors (Lipinski definition) is 5. The van der Waals surface area contributed by atoms with Crippen LogP contribution in [-0.4, -0.2) is 54.3 Å². The zero-order valence-corrected chi connectivity index (χ0v) is 15.3. The number of pyridine rings is 1. The molecule has 2 aliphatic rings. The van der Waals surface area contributed by atoms with Crippen LogP contribution >= 0.6 is 0 Å². The van der Waals surface area contributed by atoms with Crippen molar-refractivity contribution in [3.05, 3.63) is 18.0 Å². The first kappa shape index (κ1) is 17.2. The molecule has 0 unspecified atom stereocenters. The van der Waals surface area contributed by atoms with Crippen molar-refractivity contribution in [3.8, 4) is 5.75 Å². The van der Waals surface area contributed by atoms with Gasteiger partial charge in [0.25, 0.3) is 5.91 Å². The second-order valence-electron chi connectivity index (χ2n) is 7.71. The highest BCUT2D eigenvalue weighted by Crippen LogP contribution is 2.38. The predicted octanol–water partition coefficient (Wildman–Crippen LogP) is 1.62. The third kappa shape index (κ3) is 3.02. The van der Waals surface area contributed by atoms with Crippen molar-refractivity contribution in [1.82, 2.24) is 9.88 Å². The van der Waals surface area contributed by atoms with Gasteiger partial charge in [0.1, 0.15) is 5.75 Å². The van der Waals surface area contributed by atoms with Gasteiger partial charge in [0.2, 0.25) is 0 Å². The molecule has 1 saturated heterocycles. The van der Waals surface area contributed by atoms with E-state index in [-0.39, 0.29) is 12.0 Å². The van der Waals surface area contributed by atoms with Crippen LogP contribution in [-0.2, 0) is 9.31 Å². The van der Waals surface area contributed by atoms with Crippen molar-refractivity contribution in [2.75, 3.05) is 14.1 Å². The summed E-state index contributed by atoms with van der Waals surface area (Å²) < 4.78 is 18.3. The molecule has 1 aliphatic heterocycles. The summed E-state index contributed by atoms with van der Waals surface area (Å²) in [5.41, 5.74) is 0.193. The summed E-state index contributed by atoms with van der Waals surface area (Å²) in [6.45, 7) is 7.99. The van der Waals surface area contributed by atoms with Crippen LogP contribution in [0.1, 0.15) is 50.9 Å². The summed E-state index contributed by atoms with van der Waals surface area (Å²) in [5, 5.41) is 0. The molecule has 1 amide bonds. The third-order valence-electron chi connectivity index (χ3n) is 4.88. The van der Waals surface area contributed by atoms with E-state index in [2.05, 4.69) is 4.98 Å². The molecule has 7 heteroatoms. The second kappa shape index (κ2) is 5.74. The van der Waals surface area contributed by atoms with Crippen molar-refractivity contribution in [2.45, 2.75) is 57.8 Å². The number of amides is 1. The van der Waals surface area contributed by atoms with Crippen LogP contribution in [0.2, 0.25) is 0 Å². The Kier molecular flexibility index (Phi) is 4.12. The van der Waals surface area contributed by atoms with E-state index in [1.165, 1.54) is 4.90 Å². The maximum Gasteiger partial charge on any atom is 0.500 e. The molecule has 0 bridgehead atoms. The van der Waals surface area contributed by atoms with Crippen LogP contribution in [0.4, 0.5) is 0 Å². The molecule has 24 heavy (non-hydrogen) atoms. The molecule has 1 saturated carbocycles. The molecule has 0 N–H and O–H groups in total. The summed E-state index contributed by atoms with van der Waals surface area (Å²) in [6, 6.07) is 0. The number of hydrogen-bond donors (Lipinski definition) is 0. The lowest BCUT2D eigenvalue weighted by Crippen LogP contribution is -2.41. The fourth-order valence-corrected chi connectivity index (χ4v) is 2.48. The largest absolute Gasteiger partial charge is 0.500 e. The molecule has 0 atom stereocenters. The highest BCUT2D eigenvalue weighted by Gasteiger charge is 2.53. The second-order valence-corrected chi connectivity index (χ2v) is 7.71. The molecule has 0 spiro atoms. The fourth-order valence-electron chi connectivity index (χ4n) is 2.48. The number of aromatic nitrogens is 1. The Hall–Kier alpha value is -1.60. The van der Waals surface area contributed by atoms with Gasteiger partial charge >= 0.3 is 7.12 Å². The Morgan fingerprint density at radius 3 is 2.29 bits per heavy atom. The topological polar surface area (TPSA) is 60.9 Å². The molecule has 2 heterocycles. The standard InChI is InChI=1S/C17H25BN2O4/c1-16(2)17(3,4)24-18(23-16)13-10-19-9-12(15(21)20(5)6)14(13)22-11-7-8-11/h9-11H,7-8H2,1-6H3. The van der Waals surface area contributed by atoms with Crippen molar-refractivity contribution < 1.29 is 18.8 Å². The average molecular weight is 332 g/mol. The van der Waals surface area contributed by atoms with Gasteiger partial charge in [0.05, 0.1) is 22.9 Å². The Morgan fingerprint density at radius 2 is 1.79 bits per heavy atom. The lowest BCUT2D eigenvalue weighted by atomic mass is 9.78. The van der Waals surface area contributed by atoms with Crippen LogP contribution < -0.4 is 10.2 Å². The van der Waals surface area contributed by atoms with E-state index >= 15 is 0 Å². The van der Waals surface area contributed by atoms with E-state index in [1.807, 2.05) is 27.7 Å². The van der Waals surface area contributed by atoms with E-state index in [4.69, 9.17) is 14.0 Å². The minimum Gasteiger partial charge on any atom is -0.490 e. The molecule has 2 fully saturated rings. The smallest absolute Gasteiger partial charge is 0.490 e. The lowest BCUT2D eigenvalue weighted by molar-refractivity contribution is 0.00578. The monoisotopic (exact) mass is 332 g/mol. The highest BCUT2D eigenvalue weighted by atomic mass is 16.7. The molecular formula is C17H25BN2O4. The summed E-state index contributed by atoms with van der Waals surface area (Å²) in [6.07, 6.45) is 5.38. The first-order valence-corrected chi connectivity index (χ1v) is 8.34. The number of nitrogens with zero attached hydrogens (tertiary/aromatic N) is 2. The van der Waals surface area contributed by atoms with E-state index in [0.717, 1.165) is 12.8 Å². The summed E-state index contributed by atoms with van der Waals surface area (Å²) >= 11 is 0. The van der Waals surface area contributed by atoms with Gasteiger partial charge in [-0.1, -0.05) is 0 Å². The van der Waals surface area contributed by atoms with Crippen molar-refractivity contribution in [3.63, 3.8) is 0 Å². The SMILES string of the molecule is CN(C)C(=O)c1cncc(B2OC(C)(C)C(C)(C)O2)c1OC1CC1. The molecule has 1 aromatic rings. The summed E-state index contributed by atoms with van der Waals surface area (Å²) in [7, 11) is 2.82. The maximum absolute atomic E-state index is 12.5. The molecule has 1 aliphatic carbocycles. The lowest BCUT2D eigenvalue weighted by Gasteiger charge is -2.32. The van der Waals surface area contributed by atoms with E-state index in [1.54, 1.807) is 26.5 Å². The minimum absolute atomic E-state index is 0.142. The normalized spacial score (nSPS) is 21.7. The van der Waals surface area contributed by atoms with Crippen LogP contribution in [0, 0.1) is 0 Å². The zero-order valence-electron chi connectivity index (χ0n) is 15.3. The number of rotatable bonds is 4. The van der Waals surface area contributed by atoms with Gasteiger partial charge < -0.3 is 18.9 Å². The highest BCUT2D eigenvalue weighted by molar-refractivity contribution is 6.63. The quantitative estimate of drug-likeness (QED) is 0.784. The number of carbonyl (C=O) groups excluding carboxylic acids is 1.